The van der Waals surface area contributed by atoms with E-state index in [9.17, 15) is 13.2 Å². The van der Waals surface area contributed by atoms with E-state index in [1.54, 1.807) is 50.5 Å². The van der Waals surface area contributed by atoms with Crippen molar-refractivity contribution in [2.24, 2.45) is 0 Å². The third kappa shape index (κ3) is 4.05. The van der Waals surface area contributed by atoms with Gasteiger partial charge in [-0.15, -0.1) is 0 Å². The molecule has 0 aliphatic carbocycles. The van der Waals surface area contributed by atoms with Gasteiger partial charge in [-0.3, -0.25) is 9.52 Å². The van der Waals surface area contributed by atoms with Crippen LogP contribution in [-0.4, -0.2) is 39.9 Å². The Hall–Kier alpha value is -2.54. The van der Waals surface area contributed by atoms with E-state index in [4.69, 9.17) is 4.74 Å². The fourth-order valence-electron chi connectivity index (χ4n) is 2.08. The van der Waals surface area contributed by atoms with Gasteiger partial charge in [0.2, 0.25) is 0 Å². The summed E-state index contributed by atoms with van der Waals surface area (Å²) in [5.74, 6) is 0.319. The van der Waals surface area contributed by atoms with Crippen LogP contribution in [0.15, 0.2) is 53.4 Å². The molecule has 0 fully saturated rings. The van der Waals surface area contributed by atoms with Gasteiger partial charge >= 0.3 is 0 Å². The van der Waals surface area contributed by atoms with Crippen LogP contribution in [-0.2, 0) is 10.0 Å². The largest absolute Gasteiger partial charge is 0.494 e. The van der Waals surface area contributed by atoms with E-state index in [0.29, 0.717) is 12.4 Å². The van der Waals surface area contributed by atoms with Crippen LogP contribution in [0.25, 0.3) is 0 Å². The minimum atomic E-state index is -3.80. The van der Waals surface area contributed by atoms with Crippen molar-refractivity contribution in [3.05, 3.63) is 54.1 Å². The number of nitrogens with one attached hydrogen (secondary N) is 1. The predicted octanol–water partition coefficient (Wildman–Crippen LogP) is 2.59. The second-order valence-corrected chi connectivity index (χ2v) is 6.94. The molecule has 0 atom stereocenters. The number of hydrogen-bond donors (Lipinski definition) is 1. The second kappa shape index (κ2) is 7.35. The SMILES string of the molecule is CCOc1ccc(S(=O)(=O)Nc2ccccc2C(=O)N(C)C)cc1. The Morgan fingerprint density at radius 1 is 1.08 bits per heavy atom. The minimum Gasteiger partial charge on any atom is -0.494 e. The first-order chi connectivity index (χ1) is 11.3. The fraction of sp³-hybridized carbons (Fsp3) is 0.235. The highest BCUT2D eigenvalue weighted by molar-refractivity contribution is 7.92. The second-order valence-electron chi connectivity index (χ2n) is 5.26. The Balaban J connectivity index is 2.31. The van der Waals surface area contributed by atoms with Gasteiger partial charge in [0.15, 0.2) is 0 Å². The zero-order valence-corrected chi connectivity index (χ0v) is 14.6. The molecule has 0 aromatic heterocycles. The summed E-state index contributed by atoms with van der Waals surface area (Å²) in [6, 6.07) is 12.6. The molecule has 2 aromatic rings. The van der Waals surface area contributed by atoms with Gasteiger partial charge in [-0.1, -0.05) is 12.1 Å². The van der Waals surface area contributed by atoms with Gasteiger partial charge in [0.05, 0.1) is 22.8 Å². The van der Waals surface area contributed by atoms with Crippen molar-refractivity contribution in [1.29, 1.82) is 0 Å². The van der Waals surface area contributed by atoms with Crippen molar-refractivity contribution in [2.45, 2.75) is 11.8 Å². The van der Waals surface area contributed by atoms with Gasteiger partial charge in [-0.2, -0.15) is 0 Å². The number of para-hydroxylation sites is 1. The van der Waals surface area contributed by atoms with E-state index < -0.39 is 10.0 Å². The molecule has 0 saturated heterocycles. The molecular formula is C17H20N2O4S. The maximum absolute atomic E-state index is 12.5. The summed E-state index contributed by atoms with van der Waals surface area (Å²) in [7, 11) is -0.581. The third-order valence-corrected chi connectivity index (χ3v) is 4.63. The number of benzene rings is 2. The topological polar surface area (TPSA) is 75.7 Å². The summed E-state index contributed by atoms with van der Waals surface area (Å²) in [6.45, 7) is 2.36. The van der Waals surface area contributed by atoms with Gasteiger partial charge in [0.1, 0.15) is 5.75 Å². The van der Waals surface area contributed by atoms with Crippen molar-refractivity contribution < 1.29 is 17.9 Å². The molecule has 0 heterocycles. The lowest BCUT2D eigenvalue weighted by atomic mass is 10.1. The molecule has 2 rings (SSSR count). The van der Waals surface area contributed by atoms with Gasteiger partial charge in [0.25, 0.3) is 15.9 Å². The van der Waals surface area contributed by atoms with E-state index in [0.717, 1.165) is 0 Å². The average molecular weight is 348 g/mol. The van der Waals surface area contributed by atoms with Crippen molar-refractivity contribution in [2.75, 3.05) is 25.4 Å². The fourth-order valence-corrected chi connectivity index (χ4v) is 3.16. The lowest BCUT2D eigenvalue weighted by Crippen LogP contribution is -2.24. The summed E-state index contributed by atoms with van der Waals surface area (Å²) >= 11 is 0. The molecule has 0 spiro atoms. The zero-order valence-electron chi connectivity index (χ0n) is 13.8. The molecule has 0 radical (unpaired) electrons. The molecule has 0 aliphatic heterocycles. The van der Waals surface area contributed by atoms with Crippen LogP contribution in [0.1, 0.15) is 17.3 Å². The van der Waals surface area contributed by atoms with Crippen LogP contribution in [0, 0.1) is 0 Å². The minimum absolute atomic E-state index is 0.0954. The Morgan fingerprint density at radius 3 is 2.29 bits per heavy atom. The maximum Gasteiger partial charge on any atom is 0.261 e. The first-order valence-electron chi connectivity index (χ1n) is 7.41. The zero-order chi connectivity index (χ0) is 17.7. The maximum atomic E-state index is 12.5. The Kier molecular flexibility index (Phi) is 5.46. The number of anilines is 1. The van der Waals surface area contributed by atoms with Crippen LogP contribution in [0.2, 0.25) is 0 Å². The van der Waals surface area contributed by atoms with Gasteiger partial charge in [-0.25, -0.2) is 8.42 Å². The Morgan fingerprint density at radius 2 is 1.71 bits per heavy atom. The van der Waals surface area contributed by atoms with E-state index in [-0.39, 0.29) is 22.1 Å². The predicted molar refractivity (Wildman–Crippen MR) is 92.9 cm³/mol. The highest BCUT2D eigenvalue weighted by Crippen LogP contribution is 2.22. The molecule has 2 aromatic carbocycles. The number of hydrogen-bond acceptors (Lipinski definition) is 4. The lowest BCUT2D eigenvalue weighted by molar-refractivity contribution is 0.0828. The molecule has 0 saturated carbocycles. The third-order valence-electron chi connectivity index (χ3n) is 3.25. The molecule has 0 bridgehead atoms. The summed E-state index contributed by atoms with van der Waals surface area (Å²) < 4.78 is 32.9. The van der Waals surface area contributed by atoms with Crippen LogP contribution in [0.5, 0.6) is 5.75 Å². The highest BCUT2D eigenvalue weighted by atomic mass is 32.2. The normalized spacial score (nSPS) is 11.0. The van der Waals surface area contributed by atoms with E-state index in [1.807, 2.05) is 6.92 Å². The Labute approximate surface area is 142 Å². The van der Waals surface area contributed by atoms with Gasteiger partial charge in [-0.05, 0) is 43.3 Å². The summed E-state index contributed by atoms with van der Waals surface area (Å²) in [5, 5.41) is 0. The van der Waals surface area contributed by atoms with E-state index in [2.05, 4.69) is 4.72 Å². The Bertz CT molecular complexity index is 815. The quantitative estimate of drug-likeness (QED) is 0.870. The van der Waals surface area contributed by atoms with Crippen LogP contribution < -0.4 is 9.46 Å². The molecule has 6 nitrogen and oxygen atoms in total. The molecule has 24 heavy (non-hydrogen) atoms. The van der Waals surface area contributed by atoms with Crippen molar-refractivity contribution in [3.63, 3.8) is 0 Å². The molecule has 1 amide bonds. The molecule has 0 aliphatic rings. The lowest BCUT2D eigenvalue weighted by Gasteiger charge is -2.15. The van der Waals surface area contributed by atoms with Gasteiger partial charge < -0.3 is 9.64 Å². The van der Waals surface area contributed by atoms with Crippen LogP contribution >= 0.6 is 0 Å². The van der Waals surface area contributed by atoms with Crippen molar-refractivity contribution in [3.8, 4) is 5.75 Å². The monoisotopic (exact) mass is 348 g/mol. The number of amides is 1. The van der Waals surface area contributed by atoms with Crippen molar-refractivity contribution in [1.82, 2.24) is 4.90 Å². The number of ether oxygens (including phenoxy) is 1. The first kappa shape index (κ1) is 17.8. The van der Waals surface area contributed by atoms with Crippen LogP contribution in [0.3, 0.4) is 0 Å². The smallest absolute Gasteiger partial charge is 0.261 e. The standard InChI is InChI=1S/C17H20N2O4S/c1-4-23-13-9-11-14(12-10-13)24(21,22)18-16-8-6-5-7-15(16)17(20)19(2)3/h5-12,18H,4H2,1-3H3. The van der Waals surface area contributed by atoms with Crippen molar-refractivity contribution >= 4 is 21.6 Å². The summed E-state index contributed by atoms with van der Waals surface area (Å²) in [5.41, 5.74) is 0.530. The number of carbonyl (C=O) groups is 1. The van der Waals surface area contributed by atoms with Gasteiger partial charge in [0, 0.05) is 14.1 Å². The summed E-state index contributed by atoms with van der Waals surface area (Å²) in [6.07, 6.45) is 0. The van der Waals surface area contributed by atoms with Crippen LogP contribution in [0.4, 0.5) is 5.69 Å². The number of carbonyl (C=O) groups excluding carboxylic acids is 1. The first-order valence-corrected chi connectivity index (χ1v) is 8.90. The molecule has 7 heteroatoms. The molecule has 0 unspecified atom stereocenters. The number of nitrogens with zero attached hydrogens (tertiary/aromatic N) is 1. The molecule has 1 N–H and O–H groups in total. The average Bonchev–Trinajstić information content (AvgIpc) is 2.55. The highest BCUT2D eigenvalue weighted by Gasteiger charge is 2.19. The van der Waals surface area contributed by atoms with E-state index in [1.165, 1.54) is 17.0 Å². The molecule has 128 valence electrons. The van der Waals surface area contributed by atoms with E-state index >= 15 is 0 Å². The number of rotatable bonds is 6. The molecular weight excluding hydrogens is 328 g/mol. The number of sulfonamides is 1. The summed E-state index contributed by atoms with van der Waals surface area (Å²) in [4.78, 5) is 13.7.